The molecule has 4 unspecified atom stereocenters. The van der Waals surface area contributed by atoms with Crippen molar-refractivity contribution in [3.05, 3.63) is 29.8 Å². The number of hydrogen-bond donors (Lipinski definition) is 2. The molecule has 1 aliphatic carbocycles. The fraction of sp³-hybridized carbons (Fsp3) is 0.619. The summed E-state index contributed by atoms with van der Waals surface area (Å²) in [6, 6.07) is 8.16. The molecule has 152 valence electrons. The molecule has 7 heteroatoms. The van der Waals surface area contributed by atoms with Gasteiger partial charge in [0.15, 0.2) is 0 Å². The number of hydrazine groups is 1. The second kappa shape index (κ2) is 8.09. The summed E-state index contributed by atoms with van der Waals surface area (Å²) >= 11 is 0. The van der Waals surface area contributed by atoms with Gasteiger partial charge in [-0.1, -0.05) is 18.2 Å². The van der Waals surface area contributed by atoms with Gasteiger partial charge in [-0.15, -0.1) is 0 Å². The Hall–Kier alpha value is -2.12. The molecule has 7 nitrogen and oxygen atoms in total. The molecule has 3 fully saturated rings. The Morgan fingerprint density at radius 2 is 2.07 bits per heavy atom. The lowest BCUT2D eigenvalue weighted by Gasteiger charge is -2.50. The first kappa shape index (κ1) is 19.2. The molecule has 2 aliphatic heterocycles. The lowest BCUT2D eigenvalue weighted by Crippen LogP contribution is -2.67. The van der Waals surface area contributed by atoms with Crippen LogP contribution in [0.3, 0.4) is 0 Å². The number of fused-ring (bicyclic) bond motifs is 3. The van der Waals surface area contributed by atoms with E-state index in [-0.39, 0.29) is 29.8 Å². The Morgan fingerprint density at radius 1 is 1.25 bits per heavy atom. The van der Waals surface area contributed by atoms with E-state index in [1.165, 1.54) is 0 Å². The second-order valence-electron chi connectivity index (χ2n) is 7.97. The van der Waals surface area contributed by atoms with Crippen LogP contribution in [0.5, 0.6) is 5.75 Å². The molecule has 1 aromatic rings. The van der Waals surface area contributed by atoms with Gasteiger partial charge in [0.1, 0.15) is 11.8 Å². The summed E-state index contributed by atoms with van der Waals surface area (Å²) in [6.45, 7) is 3.87. The molecule has 2 N–H and O–H groups in total. The van der Waals surface area contributed by atoms with E-state index in [0.29, 0.717) is 19.2 Å². The molecule has 4 atom stereocenters. The number of rotatable bonds is 5. The van der Waals surface area contributed by atoms with Crippen LogP contribution in [0.15, 0.2) is 24.3 Å². The van der Waals surface area contributed by atoms with Crippen molar-refractivity contribution in [2.24, 2.45) is 5.92 Å². The number of nitrogens with zero attached hydrogens (tertiary/aromatic N) is 2. The quantitative estimate of drug-likeness (QED) is 0.798. The Morgan fingerprint density at radius 3 is 2.89 bits per heavy atom. The predicted octanol–water partition coefficient (Wildman–Crippen LogP) is 1.29. The van der Waals surface area contributed by atoms with Gasteiger partial charge in [-0.05, 0) is 38.7 Å². The zero-order chi connectivity index (χ0) is 19.7. The molecule has 0 aromatic heterocycles. The molecule has 0 radical (unpaired) electrons. The molecule has 0 bridgehead atoms. The highest BCUT2D eigenvalue weighted by Crippen LogP contribution is 2.36. The van der Waals surface area contributed by atoms with Crippen molar-refractivity contribution in [1.29, 1.82) is 0 Å². The SMILES string of the molecule is CCOc1ccccc1CNC(=O)C1CCC2C(C1)N(C)C(=O)C1CCNN12. The first-order valence-corrected chi connectivity index (χ1v) is 10.4. The fourth-order valence-electron chi connectivity index (χ4n) is 4.95. The number of piperazine rings is 1. The number of benzene rings is 1. The van der Waals surface area contributed by atoms with Gasteiger partial charge in [-0.25, -0.2) is 5.01 Å². The third-order valence-electron chi connectivity index (χ3n) is 6.41. The average molecular weight is 386 g/mol. The highest BCUT2D eigenvalue weighted by Gasteiger charge is 2.50. The van der Waals surface area contributed by atoms with E-state index in [9.17, 15) is 9.59 Å². The lowest BCUT2D eigenvalue weighted by atomic mass is 9.79. The van der Waals surface area contributed by atoms with Crippen LogP contribution in [0.1, 0.15) is 38.2 Å². The first-order valence-electron chi connectivity index (χ1n) is 10.4. The molecular weight excluding hydrogens is 356 g/mol. The van der Waals surface area contributed by atoms with Crippen LogP contribution < -0.4 is 15.5 Å². The van der Waals surface area contributed by atoms with Gasteiger partial charge in [-0.3, -0.25) is 15.0 Å². The third kappa shape index (κ3) is 3.49. The zero-order valence-corrected chi connectivity index (χ0v) is 16.7. The second-order valence-corrected chi connectivity index (χ2v) is 7.97. The number of amides is 2. The fourth-order valence-corrected chi connectivity index (χ4v) is 4.95. The zero-order valence-electron chi connectivity index (χ0n) is 16.7. The lowest BCUT2D eigenvalue weighted by molar-refractivity contribution is -0.153. The van der Waals surface area contributed by atoms with Crippen molar-refractivity contribution in [2.45, 2.75) is 57.3 Å². The number of carbonyl (C=O) groups excluding carboxylic acids is 2. The predicted molar refractivity (Wildman–Crippen MR) is 105 cm³/mol. The van der Waals surface area contributed by atoms with Gasteiger partial charge in [0.2, 0.25) is 11.8 Å². The van der Waals surface area contributed by atoms with Crippen LogP contribution in [0.2, 0.25) is 0 Å². The number of likely N-dealkylation sites (N-methyl/N-ethyl adjacent to an activating group) is 1. The van der Waals surface area contributed by atoms with Gasteiger partial charge in [-0.2, -0.15) is 0 Å². The van der Waals surface area contributed by atoms with Crippen molar-refractivity contribution < 1.29 is 14.3 Å². The van der Waals surface area contributed by atoms with E-state index >= 15 is 0 Å². The van der Waals surface area contributed by atoms with E-state index in [1.807, 2.05) is 43.1 Å². The summed E-state index contributed by atoms with van der Waals surface area (Å²) in [5, 5.41) is 5.25. The van der Waals surface area contributed by atoms with E-state index in [4.69, 9.17) is 4.74 Å². The maximum Gasteiger partial charge on any atom is 0.241 e. The average Bonchev–Trinajstić information content (AvgIpc) is 3.21. The molecule has 2 saturated heterocycles. The first-order chi connectivity index (χ1) is 13.6. The molecule has 0 spiro atoms. The molecule has 4 rings (SSSR count). The highest BCUT2D eigenvalue weighted by molar-refractivity contribution is 5.84. The number of ether oxygens (including phenoxy) is 1. The molecule has 1 aromatic carbocycles. The summed E-state index contributed by atoms with van der Waals surface area (Å²) in [6.07, 6.45) is 3.37. The van der Waals surface area contributed by atoms with E-state index in [1.54, 1.807) is 0 Å². The molecular formula is C21H30N4O3. The maximum absolute atomic E-state index is 12.8. The van der Waals surface area contributed by atoms with E-state index in [2.05, 4.69) is 15.8 Å². The summed E-state index contributed by atoms with van der Waals surface area (Å²) in [5.74, 6) is 1.01. The minimum Gasteiger partial charge on any atom is -0.494 e. The van der Waals surface area contributed by atoms with Gasteiger partial charge in [0.05, 0.1) is 6.61 Å². The van der Waals surface area contributed by atoms with Gasteiger partial charge < -0.3 is 15.0 Å². The normalized spacial score (nSPS) is 29.9. The van der Waals surface area contributed by atoms with E-state index < -0.39 is 0 Å². The Labute approximate surface area is 166 Å². The van der Waals surface area contributed by atoms with Crippen LogP contribution >= 0.6 is 0 Å². The van der Waals surface area contributed by atoms with Crippen LogP contribution in [0.4, 0.5) is 0 Å². The number of nitrogens with one attached hydrogen (secondary N) is 2. The summed E-state index contributed by atoms with van der Waals surface area (Å²) in [7, 11) is 1.90. The van der Waals surface area contributed by atoms with Crippen molar-refractivity contribution in [3.8, 4) is 5.75 Å². The number of carbonyl (C=O) groups is 2. The van der Waals surface area contributed by atoms with Crippen LogP contribution in [-0.2, 0) is 16.1 Å². The topological polar surface area (TPSA) is 73.9 Å². The molecule has 28 heavy (non-hydrogen) atoms. The largest absolute Gasteiger partial charge is 0.494 e. The van der Waals surface area contributed by atoms with Crippen molar-refractivity contribution in [1.82, 2.24) is 20.7 Å². The molecule has 1 saturated carbocycles. The minimum atomic E-state index is -0.0603. The standard InChI is InChI=1S/C21H30N4O3/c1-3-28-19-7-5-4-6-15(19)13-22-20(26)14-8-9-16-18(12-14)24(2)21(27)17-10-11-23-25(16)17/h4-7,14,16-18,23H,3,8-13H2,1-2H3,(H,22,26). The van der Waals surface area contributed by atoms with Crippen molar-refractivity contribution in [3.63, 3.8) is 0 Å². The van der Waals surface area contributed by atoms with Gasteiger partial charge in [0.25, 0.3) is 0 Å². The monoisotopic (exact) mass is 386 g/mol. The summed E-state index contributed by atoms with van der Waals surface area (Å²) in [5.41, 5.74) is 4.38. The van der Waals surface area contributed by atoms with E-state index in [0.717, 1.165) is 43.5 Å². The molecule has 2 heterocycles. The summed E-state index contributed by atoms with van der Waals surface area (Å²) < 4.78 is 5.64. The molecule has 3 aliphatic rings. The Balaban J connectivity index is 1.38. The number of hydrogen-bond acceptors (Lipinski definition) is 5. The number of para-hydroxylation sites is 1. The van der Waals surface area contributed by atoms with Crippen molar-refractivity contribution >= 4 is 11.8 Å². The molecule has 2 amide bonds. The van der Waals surface area contributed by atoms with Gasteiger partial charge >= 0.3 is 0 Å². The van der Waals surface area contributed by atoms with Gasteiger partial charge in [0, 0.05) is 43.7 Å². The van der Waals surface area contributed by atoms with Crippen molar-refractivity contribution in [2.75, 3.05) is 20.2 Å². The van der Waals surface area contributed by atoms with Crippen LogP contribution in [-0.4, -0.2) is 60.0 Å². The van der Waals surface area contributed by atoms with Crippen LogP contribution in [0, 0.1) is 5.92 Å². The Kier molecular flexibility index (Phi) is 5.55. The Bertz CT molecular complexity index is 740. The summed E-state index contributed by atoms with van der Waals surface area (Å²) in [4.78, 5) is 27.4. The van der Waals surface area contributed by atoms with Crippen LogP contribution in [0.25, 0.3) is 0 Å². The maximum atomic E-state index is 12.8. The smallest absolute Gasteiger partial charge is 0.241 e. The highest BCUT2D eigenvalue weighted by atomic mass is 16.5. The third-order valence-corrected chi connectivity index (χ3v) is 6.41. The minimum absolute atomic E-state index is 0.0355.